The van der Waals surface area contributed by atoms with Gasteiger partial charge in [-0.15, -0.1) is 0 Å². The molecule has 0 amide bonds. The van der Waals surface area contributed by atoms with Crippen molar-refractivity contribution in [3.05, 3.63) is 68.7 Å². The largest absolute Gasteiger partial charge is 0.289 e. The van der Waals surface area contributed by atoms with Crippen LogP contribution >= 0.6 is 15.9 Å². The highest BCUT2D eigenvalue weighted by Crippen LogP contribution is 2.25. The number of carbonyl (C=O) groups is 1. The van der Waals surface area contributed by atoms with Crippen LogP contribution in [0.15, 0.2) is 40.9 Å². The molecule has 0 N–H and O–H groups in total. The molecule has 0 saturated heterocycles. The van der Waals surface area contributed by atoms with E-state index in [-0.39, 0.29) is 5.78 Å². The minimum atomic E-state index is 0.122. The molecule has 102 valence electrons. The fraction of sp³-hybridized carbons (Fsp3) is 0.278. The lowest BCUT2D eigenvalue weighted by atomic mass is 9.88. The molecule has 0 saturated carbocycles. The van der Waals surface area contributed by atoms with Crippen LogP contribution in [0.3, 0.4) is 0 Å². The number of hydrogen-bond donors (Lipinski definition) is 0. The summed E-state index contributed by atoms with van der Waals surface area (Å²) in [6, 6.07) is 12.0. The van der Waals surface area contributed by atoms with Crippen LogP contribution in [0.5, 0.6) is 0 Å². The van der Waals surface area contributed by atoms with Crippen molar-refractivity contribution in [3.63, 3.8) is 0 Å². The lowest BCUT2D eigenvalue weighted by molar-refractivity contribution is 0.103. The van der Waals surface area contributed by atoms with E-state index >= 15 is 0 Å². The van der Waals surface area contributed by atoms with E-state index in [4.69, 9.17) is 0 Å². The van der Waals surface area contributed by atoms with Gasteiger partial charge < -0.3 is 0 Å². The molecular formula is C18H17BrO. The maximum atomic E-state index is 12.7. The molecule has 20 heavy (non-hydrogen) atoms. The summed E-state index contributed by atoms with van der Waals surface area (Å²) in [4.78, 5) is 12.7. The molecule has 0 unspecified atom stereocenters. The van der Waals surface area contributed by atoms with Crippen LogP contribution in [0, 0.1) is 6.92 Å². The summed E-state index contributed by atoms with van der Waals surface area (Å²) in [7, 11) is 0. The Labute approximate surface area is 128 Å². The quantitative estimate of drug-likeness (QED) is 0.719. The molecule has 0 fully saturated rings. The van der Waals surface area contributed by atoms with Crippen LogP contribution in [0.2, 0.25) is 0 Å². The third-order valence-electron chi connectivity index (χ3n) is 4.12. The molecule has 2 aromatic rings. The van der Waals surface area contributed by atoms with E-state index in [1.54, 1.807) is 0 Å². The van der Waals surface area contributed by atoms with Gasteiger partial charge in [-0.2, -0.15) is 0 Å². The zero-order valence-electron chi connectivity index (χ0n) is 11.6. The van der Waals surface area contributed by atoms with Crippen LogP contribution in [0.4, 0.5) is 0 Å². The third-order valence-corrected chi connectivity index (χ3v) is 4.98. The normalized spacial score (nSPS) is 13.9. The number of hydrogen-bond acceptors (Lipinski definition) is 1. The van der Waals surface area contributed by atoms with Crippen molar-refractivity contribution in [1.82, 2.24) is 0 Å². The van der Waals surface area contributed by atoms with E-state index in [0.29, 0.717) is 0 Å². The number of ketones is 1. The number of halogens is 1. The number of fused-ring (bicyclic) bond motifs is 1. The minimum absolute atomic E-state index is 0.122. The van der Waals surface area contributed by atoms with Crippen LogP contribution in [0.1, 0.15) is 45.5 Å². The predicted molar refractivity (Wildman–Crippen MR) is 85.4 cm³/mol. The first-order valence-electron chi connectivity index (χ1n) is 7.08. The Morgan fingerprint density at radius 1 is 1.05 bits per heavy atom. The lowest BCUT2D eigenvalue weighted by Crippen LogP contribution is -2.08. The molecule has 0 bridgehead atoms. The van der Waals surface area contributed by atoms with Gasteiger partial charge in [0, 0.05) is 15.6 Å². The smallest absolute Gasteiger partial charge is 0.193 e. The SMILES string of the molecule is Cc1c(Br)cccc1C(=O)c1ccc2c(c1)CCCC2. The fourth-order valence-corrected chi connectivity index (χ4v) is 3.25. The van der Waals surface area contributed by atoms with Gasteiger partial charge in [0.25, 0.3) is 0 Å². The number of carbonyl (C=O) groups excluding carboxylic acids is 1. The molecule has 1 aliphatic carbocycles. The summed E-state index contributed by atoms with van der Waals surface area (Å²) in [5.41, 5.74) is 5.38. The van der Waals surface area contributed by atoms with E-state index in [9.17, 15) is 4.79 Å². The molecule has 0 aliphatic heterocycles. The van der Waals surface area contributed by atoms with Gasteiger partial charge in [-0.3, -0.25) is 4.79 Å². The first-order valence-corrected chi connectivity index (χ1v) is 7.88. The highest BCUT2D eigenvalue weighted by atomic mass is 79.9. The van der Waals surface area contributed by atoms with Crippen molar-refractivity contribution >= 4 is 21.7 Å². The van der Waals surface area contributed by atoms with Crippen molar-refractivity contribution in [2.75, 3.05) is 0 Å². The van der Waals surface area contributed by atoms with Gasteiger partial charge in [-0.1, -0.05) is 40.2 Å². The molecule has 2 aromatic carbocycles. The monoisotopic (exact) mass is 328 g/mol. The average molecular weight is 329 g/mol. The Kier molecular flexibility index (Phi) is 3.75. The second-order valence-corrected chi connectivity index (χ2v) is 6.29. The van der Waals surface area contributed by atoms with Crippen LogP contribution in [-0.2, 0) is 12.8 Å². The first kappa shape index (κ1) is 13.6. The van der Waals surface area contributed by atoms with E-state index in [0.717, 1.165) is 34.0 Å². The average Bonchev–Trinajstić information content (AvgIpc) is 2.49. The minimum Gasteiger partial charge on any atom is -0.289 e. The maximum Gasteiger partial charge on any atom is 0.193 e. The number of benzene rings is 2. The molecule has 0 heterocycles. The molecule has 1 nitrogen and oxygen atoms in total. The molecule has 0 spiro atoms. The van der Waals surface area contributed by atoms with Crippen LogP contribution in [0.25, 0.3) is 0 Å². The van der Waals surface area contributed by atoms with Gasteiger partial charge in [0.15, 0.2) is 5.78 Å². The van der Waals surface area contributed by atoms with Gasteiger partial charge >= 0.3 is 0 Å². The maximum absolute atomic E-state index is 12.7. The van der Waals surface area contributed by atoms with Gasteiger partial charge in [0.05, 0.1) is 0 Å². The predicted octanol–water partition coefficient (Wildman–Crippen LogP) is 4.87. The summed E-state index contributed by atoms with van der Waals surface area (Å²) in [5.74, 6) is 0.122. The van der Waals surface area contributed by atoms with Crippen molar-refractivity contribution in [3.8, 4) is 0 Å². The topological polar surface area (TPSA) is 17.1 Å². The van der Waals surface area contributed by atoms with Gasteiger partial charge in [0.2, 0.25) is 0 Å². The summed E-state index contributed by atoms with van der Waals surface area (Å²) >= 11 is 3.49. The van der Waals surface area contributed by atoms with Crippen molar-refractivity contribution in [1.29, 1.82) is 0 Å². The van der Waals surface area contributed by atoms with E-state index in [1.807, 2.05) is 31.2 Å². The summed E-state index contributed by atoms with van der Waals surface area (Å²) in [6.07, 6.45) is 4.76. The van der Waals surface area contributed by atoms with Crippen molar-refractivity contribution < 1.29 is 4.79 Å². The van der Waals surface area contributed by atoms with Crippen LogP contribution < -0.4 is 0 Å². The third kappa shape index (κ3) is 2.45. The Morgan fingerprint density at radius 2 is 1.80 bits per heavy atom. The number of aryl methyl sites for hydroxylation is 2. The van der Waals surface area contributed by atoms with Gasteiger partial charge in [0.1, 0.15) is 0 Å². The standard InChI is InChI=1S/C18H17BrO/c1-12-16(7-4-8-17(12)19)18(20)15-10-9-13-5-2-3-6-14(13)11-15/h4,7-11H,2-3,5-6H2,1H3. The first-order chi connectivity index (χ1) is 9.66. The molecule has 3 rings (SSSR count). The zero-order chi connectivity index (χ0) is 14.1. The highest BCUT2D eigenvalue weighted by molar-refractivity contribution is 9.10. The molecule has 1 aliphatic rings. The van der Waals surface area contributed by atoms with Gasteiger partial charge in [-0.05, 0) is 61.4 Å². The second kappa shape index (κ2) is 5.53. The summed E-state index contributed by atoms with van der Waals surface area (Å²) in [6.45, 7) is 1.98. The summed E-state index contributed by atoms with van der Waals surface area (Å²) < 4.78 is 0.987. The van der Waals surface area contributed by atoms with Crippen molar-refractivity contribution in [2.45, 2.75) is 32.6 Å². The molecule has 2 heteroatoms. The molecule has 0 radical (unpaired) electrons. The van der Waals surface area contributed by atoms with Gasteiger partial charge in [-0.25, -0.2) is 0 Å². The van der Waals surface area contributed by atoms with E-state index < -0.39 is 0 Å². The van der Waals surface area contributed by atoms with E-state index in [1.165, 1.54) is 24.0 Å². The summed E-state index contributed by atoms with van der Waals surface area (Å²) in [5, 5.41) is 0. The van der Waals surface area contributed by atoms with E-state index in [2.05, 4.69) is 28.1 Å². The Hall–Kier alpha value is -1.41. The Balaban J connectivity index is 2.00. The Bertz CT molecular complexity index is 673. The Morgan fingerprint density at radius 3 is 2.60 bits per heavy atom. The van der Waals surface area contributed by atoms with Crippen LogP contribution in [-0.4, -0.2) is 5.78 Å². The number of rotatable bonds is 2. The zero-order valence-corrected chi connectivity index (χ0v) is 13.2. The molecule has 0 atom stereocenters. The van der Waals surface area contributed by atoms with Crippen molar-refractivity contribution in [2.24, 2.45) is 0 Å². The molecular weight excluding hydrogens is 312 g/mol. The molecule has 0 aromatic heterocycles. The second-order valence-electron chi connectivity index (χ2n) is 5.43. The fourth-order valence-electron chi connectivity index (χ4n) is 2.88. The lowest BCUT2D eigenvalue weighted by Gasteiger charge is -2.16. The highest BCUT2D eigenvalue weighted by Gasteiger charge is 2.16.